The number of benzene rings is 3. The van der Waals surface area contributed by atoms with Crippen LogP contribution in [0.4, 0.5) is 0 Å². The number of hydrogen-bond donors (Lipinski definition) is 1. The molecule has 0 fully saturated rings. The van der Waals surface area contributed by atoms with Crippen molar-refractivity contribution in [3.8, 4) is 16.9 Å². The first-order chi connectivity index (χ1) is 15.6. The highest BCUT2D eigenvalue weighted by Gasteiger charge is 2.17. The summed E-state index contributed by atoms with van der Waals surface area (Å²) in [6.45, 7) is 5.30. The Kier molecular flexibility index (Phi) is 6.72. The van der Waals surface area contributed by atoms with E-state index in [1.807, 2.05) is 31.2 Å². The summed E-state index contributed by atoms with van der Waals surface area (Å²) in [5.74, 6) is 0.465. The van der Waals surface area contributed by atoms with Crippen LogP contribution in [0.3, 0.4) is 0 Å². The van der Waals surface area contributed by atoms with Crippen LogP contribution < -0.4 is 10.5 Å². The Hall–Kier alpha value is -3.37. The Morgan fingerprint density at radius 1 is 1.03 bits per heavy atom. The lowest BCUT2D eigenvalue weighted by atomic mass is 9.93. The molecule has 164 valence electrons. The average molecular weight is 428 g/mol. The van der Waals surface area contributed by atoms with Crippen LogP contribution in [0.2, 0.25) is 0 Å². The lowest BCUT2D eigenvalue weighted by Crippen LogP contribution is -2.09. The number of hydrogen-bond acceptors (Lipinski definition) is 4. The Balaban J connectivity index is 1.61. The second-order valence-corrected chi connectivity index (χ2v) is 8.17. The highest BCUT2D eigenvalue weighted by Crippen LogP contribution is 2.36. The van der Waals surface area contributed by atoms with Crippen LogP contribution in [0, 0.1) is 0 Å². The molecule has 0 radical (unpaired) electrons. The summed E-state index contributed by atoms with van der Waals surface area (Å²) in [5, 5.41) is 0. The first-order valence-corrected chi connectivity index (χ1v) is 11.1. The van der Waals surface area contributed by atoms with E-state index in [0.717, 1.165) is 23.1 Å². The van der Waals surface area contributed by atoms with Crippen molar-refractivity contribution in [1.29, 1.82) is 0 Å². The molecule has 0 heterocycles. The summed E-state index contributed by atoms with van der Waals surface area (Å²) < 4.78 is 11.3. The molecular weight excluding hydrogens is 398 g/mol. The van der Waals surface area contributed by atoms with Crippen LogP contribution in [0.25, 0.3) is 17.2 Å². The van der Waals surface area contributed by atoms with Crippen LogP contribution in [-0.2, 0) is 35.5 Å². The molecule has 4 nitrogen and oxygen atoms in total. The summed E-state index contributed by atoms with van der Waals surface area (Å²) in [5.41, 5.74) is 15.2. The highest BCUT2D eigenvalue weighted by atomic mass is 16.5. The van der Waals surface area contributed by atoms with Gasteiger partial charge in [0.1, 0.15) is 12.4 Å². The Bertz CT molecular complexity index is 1160. The Morgan fingerprint density at radius 2 is 1.88 bits per heavy atom. The number of carbonyl (C=O) groups is 1. The molecule has 0 atom stereocenters. The molecule has 0 bridgehead atoms. The number of nitrogens with two attached hydrogens (primary N) is 1. The van der Waals surface area contributed by atoms with Crippen molar-refractivity contribution in [3.63, 3.8) is 0 Å². The molecule has 32 heavy (non-hydrogen) atoms. The Labute approximate surface area is 189 Å². The predicted octanol–water partition coefficient (Wildman–Crippen LogP) is 5.46. The van der Waals surface area contributed by atoms with Crippen molar-refractivity contribution < 1.29 is 14.3 Å². The van der Waals surface area contributed by atoms with Gasteiger partial charge in [-0.3, -0.25) is 4.79 Å². The largest absolute Gasteiger partial charge is 0.489 e. The van der Waals surface area contributed by atoms with Crippen LogP contribution in [0.15, 0.2) is 66.2 Å². The molecule has 1 aliphatic carbocycles. The van der Waals surface area contributed by atoms with E-state index in [2.05, 4.69) is 49.4 Å². The molecule has 0 aromatic heterocycles. The third-order valence-electron chi connectivity index (χ3n) is 5.67. The SMILES string of the molecule is CCOC(=O)Cc1ccccc1OCc1cc2c(c(-c3cccc(CN)c3)c1)C=C(C)C2. The third kappa shape index (κ3) is 4.92. The minimum atomic E-state index is -0.246. The molecule has 4 rings (SSSR count). The van der Waals surface area contributed by atoms with E-state index in [-0.39, 0.29) is 12.4 Å². The van der Waals surface area contributed by atoms with E-state index in [4.69, 9.17) is 15.2 Å². The Morgan fingerprint density at radius 3 is 2.69 bits per heavy atom. The number of rotatable bonds is 8. The maximum atomic E-state index is 12.0. The molecule has 0 amide bonds. The number of esters is 1. The van der Waals surface area contributed by atoms with E-state index in [0.29, 0.717) is 25.5 Å². The summed E-state index contributed by atoms with van der Waals surface area (Å²) in [6.07, 6.45) is 3.43. The zero-order chi connectivity index (χ0) is 22.5. The highest BCUT2D eigenvalue weighted by molar-refractivity contribution is 5.81. The van der Waals surface area contributed by atoms with Crippen molar-refractivity contribution in [2.45, 2.75) is 39.8 Å². The van der Waals surface area contributed by atoms with Gasteiger partial charge in [-0.15, -0.1) is 0 Å². The van der Waals surface area contributed by atoms with E-state index in [1.54, 1.807) is 0 Å². The minimum absolute atomic E-state index is 0.203. The fourth-order valence-electron chi connectivity index (χ4n) is 4.20. The predicted molar refractivity (Wildman–Crippen MR) is 128 cm³/mol. The van der Waals surface area contributed by atoms with Gasteiger partial charge in [-0.25, -0.2) is 0 Å². The van der Waals surface area contributed by atoms with Crippen molar-refractivity contribution in [2.24, 2.45) is 5.73 Å². The summed E-state index contributed by atoms with van der Waals surface area (Å²) in [4.78, 5) is 12.0. The molecule has 0 unspecified atom stereocenters. The number of para-hydroxylation sites is 1. The third-order valence-corrected chi connectivity index (χ3v) is 5.67. The average Bonchev–Trinajstić information content (AvgIpc) is 3.18. The molecule has 0 saturated heterocycles. The number of allylic oxidation sites excluding steroid dienone is 1. The number of fused-ring (bicyclic) bond motifs is 1. The second kappa shape index (κ2) is 9.84. The fraction of sp³-hybridized carbons (Fsp3) is 0.250. The normalized spacial score (nSPS) is 12.3. The van der Waals surface area contributed by atoms with Crippen LogP contribution in [-0.4, -0.2) is 12.6 Å². The van der Waals surface area contributed by atoms with Gasteiger partial charge in [0.25, 0.3) is 0 Å². The molecule has 4 heteroatoms. The van der Waals surface area contributed by atoms with Crippen molar-refractivity contribution in [3.05, 3.63) is 94.1 Å². The monoisotopic (exact) mass is 427 g/mol. The van der Waals surface area contributed by atoms with Gasteiger partial charge in [0.05, 0.1) is 13.0 Å². The van der Waals surface area contributed by atoms with Crippen LogP contribution in [0.5, 0.6) is 5.75 Å². The van der Waals surface area contributed by atoms with Gasteiger partial charge in [0.15, 0.2) is 0 Å². The van der Waals surface area contributed by atoms with Crippen LogP contribution >= 0.6 is 0 Å². The van der Waals surface area contributed by atoms with Gasteiger partial charge >= 0.3 is 5.97 Å². The lowest BCUT2D eigenvalue weighted by Gasteiger charge is -2.15. The summed E-state index contributed by atoms with van der Waals surface area (Å²) in [7, 11) is 0. The smallest absolute Gasteiger partial charge is 0.310 e. The molecule has 2 N–H and O–H groups in total. The van der Waals surface area contributed by atoms with Crippen molar-refractivity contribution in [1.82, 2.24) is 0 Å². The zero-order valence-corrected chi connectivity index (χ0v) is 18.7. The lowest BCUT2D eigenvalue weighted by molar-refractivity contribution is -0.142. The zero-order valence-electron chi connectivity index (χ0n) is 18.7. The molecular formula is C28H29NO3. The van der Waals surface area contributed by atoms with Crippen molar-refractivity contribution >= 4 is 12.0 Å². The summed E-state index contributed by atoms with van der Waals surface area (Å²) >= 11 is 0. The molecule has 0 aliphatic heterocycles. The van der Waals surface area contributed by atoms with Gasteiger partial charge < -0.3 is 15.2 Å². The van der Waals surface area contributed by atoms with E-state index >= 15 is 0 Å². The maximum absolute atomic E-state index is 12.0. The number of ether oxygens (including phenoxy) is 2. The minimum Gasteiger partial charge on any atom is -0.489 e. The molecule has 3 aromatic carbocycles. The van der Waals surface area contributed by atoms with E-state index < -0.39 is 0 Å². The topological polar surface area (TPSA) is 61.5 Å². The maximum Gasteiger partial charge on any atom is 0.310 e. The molecule has 3 aromatic rings. The van der Waals surface area contributed by atoms with Gasteiger partial charge in [-0.2, -0.15) is 0 Å². The van der Waals surface area contributed by atoms with Gasteiger partial charge in [0.2, 0.25) is 0 Å². The quantitative estimate of drug-likeness (QED) is 0.485. The standard InChI is InChI=1S/C28H29NO3/c1-3-31-28(30)16-23-8-4-5-10-27(23)32-18-21-14-24-11-19(2)12-25(24)26(15-21)22-9-6-7-20(13-22)17-29/h4-10,12-15H,3,11,16-18,29H2,1-2H3. The van der Waals surface area contributed by atoms with Gasteiger partial charge in [0, 0.05) is 12.1 Å². The second-order valence-electron chi connectivity index (χ2n) is 8.17. The molecule has 0 spiro atoms. The van der Waals surface area contributed by atoms with E-state index in [1.165, 1.54) is 27.8 Å². The summed E-state index contributed by atoms with van der Waals surface area (Å²) in [6, 6.07) is 20.5. The number of carbonyl (C=O) groups excluding carboxylic acids is 1. The molecule has 0 saturated carbocycles. The van der Waals surface area contributed by atoms with Gasteiger partial charge in [-0.05, 0) is 71.8 Å². The fourth-order valence-corrected chi connectivity index (χ4v) is 4.20. The van der Waals surface area contributed by atoms with Crippen molar-refractivity contribution in [2.75, 3.05) is 6.61 Å². The van der Waals surface area contributed by atoms with E-state index in [9.17, 15) is 4.79 Å². The first kappa shape index (κ1) is 21.8. The van der Waals surface area contributed by atoms with Crippen LogP contribution in [0.1, 0.15) is 41.7 Å². The van der Waals surface area contributed by atoms with Gasteiger partial charge in [-0.1, -0.05) is 54.1 Å². The first-order valence-electron chi connectivity index (χ1n) is 11.1. The molecule has 1 aliphatic rings.